The Morgan fingerprint density at radius 2 is 2.04 bits per heavy atom. The molecule has 2 heterocycles. The minimum absolute atomic E-state index is 0.0316. The van der Waals surface area contributed by atoms with Crippen LogP contribution in [0.4, 0.5) is 11.4 Å². The van der Waals surface area contributed by atoms with Gasteiger partial charge in [0.05, 0.1) is 11.4 Å². The van der Waals surface area contributed by atoms with Gasteiger partial charge in [-0.1, -0.05) is 24.6 Å². The first kappa shape index (κ1) is 18.2. The summed E-state index contributed by atoms with van der Waals surface area (Å²) in [6, 6.07) is 9.84. The number of rotatable bonds is 6. The maximum absolute atomic E-state index is 12.4. The minimum atomic E-state index is 0.0316. The van der Waals surface area contributed by atoms with Crippen molar-refractivity contribution >= 4 is 40.2 Å². The van der Waals surface area contributed by atoms with E-state index in [0.717, 1.165) is 50.5 Å². The summed E-state index contributed by atoms with van der Waals surface area (Å²) in [5, 5.41) is 5.75. The Morgan fingerprint density at radius 1 is 1.24 bits per heavy atom. The third-order valence-corrected chi connectivity index (χ3v) is 5.74. The lowest BCUT2D eigenvalue weighted by molar-refractivity contribution is -0.116. The van der Waals surface area contributed by atoms with Crippen molar-refractivity contribution in [2.24, 2.45) is 0 Å². The predicted octanol–water partition coefficient (Wildman–Crippen LogP) is 4.11. The number of carbonyl (C=O) groups excluding carboxylic acids is 1. The fraction of sp³-hybridized carbons (Fsp3) is 0.421. The van der Waals surface area contributed by atoms with Crippen LogP contribution in [0.15, 0.2) is 35.7 Å². The van der Waals surface area contributed by atoms with Gasteiger partial charge < -0.3 is 15.1 Å². The molecule has 0 radical (unpaired) electrons. The second-order valence-corrected chi connectivity index (χ2v) is 7.68. The number of piperazine rings is 1. The first-order valence-electron chi connectivity index (χ1n) is 8.75. The van der Waals surface area contributed by atoms with Gasteiger partial charge in [0, 0.05) is 42.5 Å². The molecule has 3 rings (SSSR count). The van der Waals surface area contributed by atoms with Crippen LogP contribution in [-0.4, -0.2) is 43.5 Å². The van der Waals surface area contributed by atoms with E-state index < -0.39 is 0 Å². The molecule has 0 unspecified atom stereocenters. The number of aryl methyl sites for hydroxylation is 1. The monoisotopic (exact) mass is 377 g/mol. The summed E-state index contributed by atoms with van der Waals surface area (Å²) in [6.45, 7) is 7.30. The number of hydrogen-bond acceptors (Lipinski definition) is 4. The highest BCUT2D eigenvalue weighted by Crippen LogP contribution is 2.30. The molecule has 1 aromatic carbocycles. The molecule has 1 saturated heterocycles. The number of likely N-dealkylation sites (N-methyl/N-ethyl adjacent to an activating group) is 1. The number of nitrogens with zero attached hydrogens (tertiary/aromatic N) is 2. The van der Waals surface area contributed by atoms with Crippen LogP contribution in [0.3, 0.4) is 0 Å². The van der Waals surface area contributed by atoms with Crippen molar-refractivity contribution in [1.82, 2.24) is 4.90 Å². The molecule has 25 heavy (non-hydrogen) atoms. The number of anilines is 2. The van der Waals surface area contributed by atoms with Crippen LogP contribution >= 0.6 is 22.9 Å². The molecule has 0 saturated carbocycles. The standard InChI is InChI=1S/C19H24ClN3OS/c1-2-22-9-11-23(12-10-22)18-7-5-15(20)14-17(18)21-19(24)8-6-16-4-3-13-25-16/h3-5,7,13-14H,2,6,8-12H2,1H3,(H,21,24). The summed E-state index contributed by atoms with van der Waals surface area (Å²) in [5.74, 6) is 0.0316. The van der Waals surface area contributed by atoms with Crippen molar-refractivity contribution in [3.8, 4) is 0 Å². The highest BCUT2D eigenvalue weighted by Gasteiger charge is 2.19. The number of thiophene rings is 1. The van der Waals surface area contributed by atoms with Crippen LogP contribution in [0, 0.1) is 0 Å². The van der Waals surface area contributed by atoms with Crippen molar-refractivity contribution in [1.29, 1.82) is 0 Å². The lowest BCUT2D eigenvalue weighted by Crippen LogP contribution is -2.46. The van der Waals surface area contributed by atoms with E-state index >= 15 is 0 Å². The Labute approximate surface area is 158 Å². The molecule has 0 spiro atoms. The van der Waals surface area contributed by atoms with Crippen molar-refractivity contribution in [2.75, 3.05) is 42.9 Å². The second-order valence-electron chi connectivity index (χ2n) is 6.21. The molecule has 1 N–H and O–H groups in total. The average Bonchev–Trinajstić information content (AvgIpc) is 3.14. The van der Waals surface area contributed by atoms with E-state index in [9.17, 15) is 4.79 Å². The highest BCUT2D eigenvalue weighted by molar-refractivity contribution is 7.09. The van der Waals surface area contributed by atoms with E-state index in [2.05, 4.69) is 28.1 Å². The van der Waals surface area contributed by atoms with Crippen LogP contribution in [0.2, 0.25) is 5.02 Å². The van der Waals surface area contributed by atoms with Crippen LogP contribution in [0.1, 0.15) is 18.2 Å². The third kappa shape index (κ3) is 4.97. The fourth-order valence-corrected chi connectivity index (χ4v) is 3.97. The summed E-state index contributed by atoms with van der Waals surface area (Å²) < 4.78 is 0. The van der Waals surface area contributed by atoms with Crippen molar-refractivity contribution in [3.63, 3.8) is 0 Å². The normalized spacial score (nSPS) is 15.4. The molecule has 1 fully saturated rings. The topological polar surface area (TPSA) is 35.6 Å². The maximum atomic E-state index is 12.4. The number of benzene rings is 1. The number of hydrogen-bond donors (Lipinski definition) is 1. The summed E-state index contributed by atoms with van der Waals surface area (Å²) in [7, 11) is 0. The quantitative estimate of drug-likeness (QED) is 0.822. The van der Waals surface area contributed by atoms with Gasteiger partial charge in [-0.2, -0.15) is 0 Å². The van der Waals surface area contributed by atoms with Crippen LogP contribution in [-0.2, 0) is 11.2 Å². The Bertz CT molecular complexity index is 697. The zero-order chi connectivity index (χ0) is 17.6. The molecule has 0 bridgehead atoms. The van der Waals surface area contributed by atoms with E-state index in [1.807, 2.05) is 29.6 Å². The van der Waals surface area contributed by atoms with Crippen molar-refractivity contribution in [2.45, 2.75) is 19.8 Å². The average molecular weight is 378 g/mol. The molecule has 1 aliphatic rings. The molecular weight excluding hydrogens is 354 g/mol. The lowest BCUT2D eigenvalue weighted by atomic mass is 10.2. The number of nitrogens with one attached hydrogen (secondary N) is 1. The predicted molar refractivity (Wildman–Crippen MR) is 107 cm³/mol. The first-order chi connectivity index (χ1) is 12.2. The first-order valence-corrected chi connectivity index (χ1v) is 10.0. The molecule has 1 aromatic heterocycles. The highest BCUT2D eigenvalue weighted by atomic mass is 35.5. The van der Waals surface area contributed by atoms with E-state index in [1.165, 1.54) is 4.88 Å². The molecule has 0 aliphatic carbocycles. The van der Waals surface area contributed by atoms with Gasteiger partial charge in [0.15, 0.2) is 0 Å². The van der Waals surface area contributed by atoms with E-state index in [1.54, 1.807) is 11.3 Å². The number of amides is 1. The molecular formula is C19H24ClN3OS. The smallest absolute Gasteiger partial charge is 0.224 e. The lowest BCUT2D eigenvalue weighted by Gasteiger charge is -2.36. The Kier molecular flexibility index (Phi) is 6.34. The Hall–Kier alpha value is -1.56. The number of halogens is 1. The van der Waals surface area contributed by atoms with Gasteiger partial charge in [0.2, 0.25) is 5.91 Å². The SMILES string of the molecule is CCN1CCN(c2ccc(Cl)cc2NC(=O)CCc2cccs2)CC1. The molecule has 134 valence electrons. The fourth-order valence-electron chi connectivity index (χ4n) is 3.09. The van der Waals surface area contributed by atoms with Crippen molar-refractivity contribution in [3.05, 3.63) is 45.6 Å². The Balaban J connectivity index is 1.65. The van der Waals surface area contributed by atoms with Gasteiger partial charge in [-0.05, 0) is 42.6 Å². The summed E-state index contributed by atoms with van der Waals surface area (Å²) in [4.78, 5) is 18.4. The summed E-state index contributed by atoms with van der Waals surface area (Å²) in [6.07, 6.45) is 1.25. The van der Waals surface area contributed by atoms with Gasteiger partial charge in [-0.3, -0.25) is 4.79 Å². The molecule has 1 amide bonds. The largest absolute Gasteiger partial charge is 0.367 e. The van der Waals surface area contributed by atoms with Crippen LogP contribution in [0.25, 0.3) is 0 Å². The summed E-state index contributed by atoms with van der Waals surface area (Å²) >= 11 is 7.85. The molecule has 1 aliphatic heterocycles. The zero-order valence-electron chi connectivity index (χ0n) is 14.5. The maximum Gasteiger partial charge on any atom is 0.224 e. The van der Waals surface area contributed by atoms with Gasteiger partial charge in [0.25, 0.3) is 0 Å². The molecule has 6 heteroatoms. The van der Waals surface area contributed by atoms with Gasteiger partial charge in [0.1, 0.15) is 0 Å². The molecule has 4 nitrogen and oxygen atoms in total. The third-order valence-electron chi connectivity index (χ3n) is 4.57. The summed E-state index contributed by atoms with van der Waals surface area (Å²) in [5.41, 5.74) is 1.87. The second kappa shape index (κ2) is 8.70. The van der Waals surface area contributed by atoms with E-state index in [0.29, 0.717) is 11.4 Å². The minimum Gasteiger partial charge on any atom is -0.367 e. The van der Waals surface area contributed by atoms with Crippen LogP contribution in [0.5, 0.6) is 0 Å². The Morgan fingerprint density at radius 3 is 2.72 bits per heavy atom. The van der Waals surface area contributed by atoms with E-state index in [-0.39, 0.29) is 5.91 Å². The van der Waals surface area contributed by atoms with E-state index in [4.69, 9.17) is 11.6 Å². The van der Waals surface area contributed by atoms with Crippen molar-refractivity contribution < 1.29 is 4.79 Å². The van der Waals surface area contributed by atoms with Gasteiger partial charge in [-0.15, -0.1) is 11.3 Å². The molecule has 0 atom stereocenters. The van der Waals surface area contributed by atoms with Crippen LogP contribution < -0.4 is 10.2 Å². The zero-order valence-corrected chi connectivity index (χ0v) is 16.1. The van der Waals surface area contributed by atoms with Gasteiger partial charge in [-0.25, -0.2) is 0 Å². The number of carbonyl (C=O) groups is 1. The van der Waals surface area contributed by atoms with Gasteiger partial charge >= 0.3 is 0 Å². The molecule has 2 aromatic rings.